The van der Waals surface area contributed by atoms with E-state index in [1.54, 1.807) is 0 Å². The van der Waals surface area contributed by atoms with Crippen LogP contribution in [0.15, 0.2) is 5.16 Å². The number of rotatable bonds is 3. The minimum atomic E-state index is 0.224. The standard InChI is InChI=1S/C9H21N5O/c1-12(2)3-4-13-5-7-14(8-6-13)9(10)11-15/h15H,3-8H2,1-2H3,(H2,10,11). The van der Waals surface area contributed by atoms with Gasteiger partial charge < -0.3 is 20.7 Å². The molecule has 0 aromatic carbocycles. The Morgan fingerprint density at radius 2 is 1.93 bits per heavy atom. The molecule has 3 N–H and O–H groups in total. The number of nitrogens with zero attached hydrogens (tertiary/aromatic N) is 4. The molecule has 0 saturated carbocycles. The monoisotopic (exact) mass is 215 g/mol. The van der Waals surface area contributed by atoms with Crippen LogP contribution < -0.4 is 5.73 Å². The van der Waals surface area contributed by atoms with Crippen molar-refractivity contribution in [2.75, 3.05) is 53.4 Å². The highest BCUT2D eigenvalue weighted by Gasteiger charge is 2.17. The molecule has 0 aromatic heterocycles. The number of oxime groups is 1. The van der Waals surface area contributed by atoms with Gasteiger partial charge in [0, 0.05) is 39.3 Å². The molecule has 0 aromatic rings. The molecule has 0 radical (unpaired) electrons. The Balaban J connectivity index is 2.24. The third-order valence-electron chi connectivity index (χ3n) is 2.66. The van der Waals surface area contributed by atoms with Crippen molar-refractivity contribution in [3.63, 3.8) is 0 Å². The number of guanidine groups is 1. The summed E-state index contributed by atoms with van der Waals surface area (Å²) in [5.41, 5.74) is 5.51. The number of piperazine rings is 1. The number of hydrogen-bond acceptors (Lipinski definition) is 4. The molecule has 1 aliphatic heterocycles. The van der Waals surface area contributed by atoms with Gasteiger partial charge in [0.15, 0.2) is 0 Å². The minimum absolute atomic E-state index is 0.224. The van der Waals surface area contributed by atoms with Crippen LogP contribution in [-0.4, -0.2) is 79.2 Å². The quantitative estimate of drug-likeness (QED) is 0.270. The molecule has 1 aliphatic rings. The predicted molar refractivity (Wildman–Crippen MR) is 60.0 cm³/mol. The molecule has 0 spiro atoms. The summed E-state index contributed by atoms with van der Waals surface area (Å²) in [4.78, 5) is 6.46. The van der Waals surface area contributed by atoms with Crippen LogP contribution in [0.2, 0.25) is 0 Å². The van der Waals surface area contributed by atoms with Crippen molar-refractivity contribution in [2.24, 2.45) is 10.9 Å². The predicted octanol–water partition coefficient (Wildman–Crippen LogP) is -1.13. The minimum Gasteiger partial charge on any atom is -0.408 e. The topological polar surface area (TPSA) is 68.3 Å². The van der Waals surface area contributed by atoms with E-state index >= 15 is 0 Å². The Bertz CT molecular complexity index is 211. The Kier molecular flexibility index (Phi) is 4.64. The van der Waals surface area contributed by atoms with Crippen LogP contribution >= 0.6 is 0 Å². The second kappa shape index (κ2) is 5.77. The van der Waals surface area contributed by atoms with Gasteiger partial charge >= 0.3 is 0 Å². The van der Waals surface area contributed by atoms with Crippen molar-refractivity contribution >= 4 is 5.96 Å². The van der Waals surface area contributed by atoms with Crippen molar-refractivity contribution in [1.82, 2.24) is 14.7 Å². The summed E-state index contributed by atoms with van der Waals surface area (Å²) < 4.78 is 0. The summed E-state index contributed by atoms with van der Waals surface area (Å²) in [6.07, 6.45) is 0. The van der Waals surface area contributed by atoms with E-state index in [9.17, 15) is 0 Å². The number of nitrogens with two attached hydrogens (primary N) is 1. The van der Waals surface area contributed by atoms with Gasteiger partial charge in [0.05, 0.1) is 0 Å². The zero-order valence-electron chi connectivity index (χ0n) is 9.56. The molecule has 0 atom stereocenters. The zero-order chi connectivity index (χ0) is 11.3. The van der Waals surface area contributed by atoms with Gasteiger partial charge in [0.25, 0.3) is 0 Å². The van der Waals surface area contributed by atoms with Crippen LogP contribution in [0.5, 0.6) is 0 Å². The fourth-order valence-corrected chi connectivity index (χ4v) is 1.61. The van der Waals surface area contributed by atoms with E-state index in [4.69, 9.17) is 10.9 Å². The highest BCUT2D eigenvalue weighted by Crippen LogP contribution is 2.00. The zero-order valence-corrected chi connectivity index (χ0v) is 9.56. The summed E-state index contributed by atoms with van der Waals surface area (Å²) in [6, 6.07) is 0. The lowest BCUT2D eigenvalue weighted by molar-refractivity contribution is 0.164. The maximum atomic E-state index is 8.53. The lowest BCUT2D eigenvalue weighted by atomic mass is 10.3. The first kappa shape index (κ1) is 12.1. The van der Waals surface area contributed by atoms with E-state index in [1.165, 1.54) is 0 Å². The Morgan fingerprint density at radius 1 is 1.33 bits per heavy atom. The summed E-state index contributed by atoms with van der Waals surface area (Å²) in [5, 5.41) is 11.5. The molecule has 1 saturated heterocycles. The Labute approximate surface area is 90.9 Å². The largest absolute Gasteiger partial charge is 0.408 e. The van der Waals surface area contributed by atoms with Crippen molar-refractivity contribution < 1.29 is 5.21 Å². The Hall–Kier alpha value is -1.01. The molecule has 1 heterocycles. The van der Waals surface area contributed by atoms with Crippen LogP contribution in [0, 0.1) is 0 Å². The second-order valence-corrected chi connectivity index (χ2v) is 4.09. The van der Waals surface area contributed by atoms with Crippen LogP contribution in [0.1, 0.15) is 0 Å². The maximum absolute atomic E-state index is 8.53. The molecule has 0 bridgehead atoms. The SMILES string of the molecule is CN(C)CCN1CCN(C(N)=NO)CC1. The van der Waals surface area contributed by atoms with E-state index in [2.05, 4.69) is 29.1 Å². The molecule has 88 valence electrons. The third-order valence-corrected chi connectivity index (χ3v) is 2.66. The molecule has 6 nitrogen and oxygen atoms in total. The molecular weight excluding hydrogens is 194 g/mol. The molecule has 0 amide bonds. The first-order chi connectivity index (χ1) is 7.13. The van der Waals surface area contributed by atoms with E-state index in [0.717, 1.165) is 39.3 Å². The van der Waals surface area contributed by atoms with Gasteiger partial charge in [-0.1, -0.05) is 5.16 Å². The van der Waals surface area contributed by atoms with Gasteiger partial charge in [-0.15, -0.1) is 0 Å². The van der Waals surface area contributed by atoms with Crippen molar-refractivity contribution in [3.8, 4) is 0 Å². The average molecular weight is 215 g/mol. The van der Waals surface area contributed by atoms with Crippen molar-refractivity contribution in [1.29, 1.82) is 0 Å². The summed E-state index contributed by atoms with van der Waals surface area (Å²) in [6.45, 7) is 5.78. The fraction of sp³-hybridized carbons (Fsp3) is 0.889. The second-order valence-electron chi connectivity index (χ2n) is 4.09. The van der Waals surface area contributed by atoms with Crippen molar-refractivity contribution in [3.05, 3.63) is 0 Å². The first-order valence-electron chi connectivity index (χ1n) is 5.23. The average Bonchev–Trinajstić information content (AvgIpc) is 2.26. The molecule has 15 heavy (non-hydrogen) atoms. The Morgan fingerprint density at radius 3 is 2.40 bits per heavy atom. The lowest BCUT2D eigenvalue weighted by Crippen LogP contribution is -2.52. The van der Waals surface area contributed by atoms with E-state index in [-0.39, 0.29) is 5.96 Å². The van der Waals surface area contributed by atoms with Crippen LogP contribution in [0.25, 0.3) is 0 Å². The highest BCUT2D eigenvalue weighted by atomic mass is 16.4. The molecule has 0 aliphatic carbocycles. The lowest BCUT2D eigenvalue weighted by Gasteiger charge is -2.35. The fourth-order valence-electron chi connectivity index (χ4n) is 1.61. The van der Waals surface area contributed by atoms with Gasteiger partial charge in [-0.2, -0.15) is 0 Å². The summed E-state index contributed by atoms with van der Waals surface area (Å²) >= 11 is 0. The van der Waals surface area contributed by atoms with Crippen LogP contribution in [0.3, 0.4) is 0 Å². The number of likely N-dealkylation sites (N-methyl/N-ethyl adjacent to an activating group) is 1. The molecule has 1 fully saturated rings. The van der Waals surface area contributed by atoms with Gasteiger partial charge in [-0.05, 0) is 14.1 Å². The van der Waals surface area contributed by atoms with Gasteiger partial charge in [0.1, 0.15) is 0 Å². The van der Waals surface area contributed by atoms with Gasteiger partial charge in [-0.3, -0.25) is 4.90 Å². The first-order valence-corrected chi connectivity index (χ1v) is 5.23. The number of hydrogen-bond donors (Lipinski definition) is 2. The van der Waals surface area contributed by atoms with Gasteiger partial charge in [0.2, 0.25) is 5.96 Å². The van der Waals surface area contributed by atoms with E-state index in [0.29, 0.717) is 0 Å². The molecule has 6 heteroatoms. The smallest absolute Gasteiger partial charge is 0.233 e. The highest BCUT2D eigenvalue weighted by molar-refractivity contribution is 5.77. The van der Waals surface area contributed by atoms with Crippen molar-refractivity contribution in [2.45, 2.75) is 0 Å². The van der Waals surface area contributed by atoms with E-state index in [1.807, 2.05) is 4.90 Å². The molecular formula is C9H21N5O. The maximum Gasteiger partial charge on any atom is 0.233 e. The van der Waals surface area contributed by atoms with Crippen LogP contribution in [0.4, 0.5) is 0 Å². The van der Waals surface area contributed by atoms with Gasteiger partial charge in [-0.25, -0.2) is 0 Å². The molecule has 0 unspecified atom stereocenters. The normalized spacial score (nSPS) is 19.9. The summed E-state index contributed by atoms with van der Waals surface area (Å²) in [5.74, 6) is 0.224. The van der Waals surface area contributed by atoms with Crippen LogP contribution in [-0.2, 0) is 0 Å². The third kappa shape index (κ3) is 3.93. The van der Waals surface area contributed by atoms with E-state index < -0.39 is 0 Å². The molecule has 1 rings (SSSR count). The summed E-state index contributed by atoms with van der Waals surface area (Å²) in [7, 11) is 4.15.